The van der Waals surface area contributed by atoms with Crippen LogP contribution < -0.4 is 27.4 Å². The van der Waals surface area contributed by atoms with Crippen molar-refractivity contribution in [3.05, 3.63) is 0 Å². The van der Waals surface area contributed by atoms with E-state index in [1.54, 1.807) is 25.6 Å². The monoisotopic (exact) mass is 489 g/mol. The van der Waals surface area contributed by atoms with Gasteiger partial charge in [0, 0.05) is 0 Å². The summed E-state index contributed by atoms with van der Waals surface area (Å²) in [6, 6.07) is -3.61. The first-order chi connectivity index (χ1) is 15.4. The Morgan fingerprint density at radius 3 is 1.94 bits per heavy atom. The zero-order valence-electron chi connectivity index (χ0n) is 20.6. The Hall–Kier alpha value is -1.85. The Bertz CT molecular complexity index is 632. The number of nitrogens with one attached hydrogen (secondary N) is 3. The molecule has 4 atom stereocenters. The summed E-state index contributed by atoms with van der Waals surface area (Å²) in [6.45, 7) is 7.66. The fraction of sp³-hybridized carbons (Fsp3) is 0.818. The number of carboxylic acid groups (broad SMARTS) is 1. The minimum atomic E-state index is -1.14. The van der Waals surface area contributed by atoms with E-state index >= 15 is 0 Å². The van der Waals surface area contributed by atoms with Crippen molar-refractivity contribution in [3.63, 3.8) is 0 Å². The van der Waals surface area contributed by atoms with Gasteiger partial charge in [-0.1, -0.05) is 27.7 Å². The van der Waals surface area contributed by atoms with Gasteiger partial charge in [-0.15, -0.1) is 0 Å². The molecule has 192 valence electrons. The Balaban J connectivity index is 5.45. The number of carbonyl (C=O) groups excluding carboxylic acids is 3. The predicted octanol–water partition coefficient (Wildman–Crippen LogP) is 0.437. The zero-order chi connectivity index (χ0) is 25.6. The lowest BCUT2D eigenvalue weighted by molar-refractivity contribution is -0.143. The zero-order valence-corrected chi connectivity index (χ0v) is 21.4. The molecule has 0 aliphatic rings. The Labute approximate surface area is 201 Å². The highest BCUT2D eigenvalue weighted by molar-refractivity contribution is 7.98. The molecule has 10 nitrogen and oxygen atoms in total. The molecule has 0 rings (SSSR count). The van der Waals surface area contributed by atoms with Gasteiger partial charge in [-0.25, -0.2) is 4.79 Å². The molecule has 0 fully saturated rings. The number of thioether (sulfide) groups is 1. The number of hydrogen-bond acceptors (Lipinski definition) is 7. The summed E-state index contributed by atoms with van der Waals surface area (Å²) >= 11 is 1.58. The first kappa shape index (κ1) is 31.1. The number of amides is 3. The van der Waals surface area contributed by atoms with Gasteiger partial charge in [0.25, 0.3) is 0 Å². The van der Waals surface area contributed by atoms with Crippen molar-refractivity contribution in [2.45, 2.75) is 84.0 Å². The fourth-order valence-corrected chi connectivity index (χ4v) is 3.65. The Morgan fingerprint density at radius 2 is 1.45 bits per heavy atom. The third-order valence-electron chi connectivity index (χ3n) is 5.12. The highest BCUT2D eigenvalue weighted by atomic mass is 32.2. The van der Waals surface area contributed by atoms with Crippen LogP contribution in [0.4, 0.5) is 0 Å². The summed E-state index contributed by atoms with van der Waals surface area (Å²) in [5.41, 5.74) is 11.5. The molecule has 0 aliphatic heterocycles. The van der Waals surface area contributed by atoms with Crippen LogP contribution in [-0.2, 0) is 19.2 Å². The second kappa shape index (κ2) is 16.7. The van der Waals surface area contributed by atoms with Gasteiger partial charge in [0.05, 0.1) is 6.04 Å². The number of hydrogen-bond donors (Lipinski definition) is 6. The topological polar surface area (TPSA) is 177 Å². The van der Waals surface area contributed by atoms with Gasteiger partial charge in [-0.2, -0.15) is 11.8 Å². The van der Waals surface area contributed by atoms with Gasteiger partial charge in [-0.05, 0) is 62.5 Å². The van der Waals surface area contributed by atoms with Crippen molar-refractivity contribution in [1.29, 1.82) is 0 Å². The molecule has 0 heterocycles. The summed E-state index contributed by atoms with van der Waals surface area (Å²) in [4.78, 5) is 49.9. The molecular formula is C22H43N5O5S. The third kappa shape index (κ3) is 12.8. The van der Waals surface area contributed by atoms with Crippen LogP contribution in [0, 0.1) is 11.8 Å². The number of unbranched alkanes of at least 4 members (excludes halogenated alkanes) is 1. The van der Waals surface area contributed by atoms with Gasteiger partial charge >= 0.3 is 5.97 Å². The van der Waals surface area contributed by atoms with E-state index in [1.165, 1.54) is 0 Å². The van der Waals surface area contributed by atoms with E-state index in [0.717, 1.165) is 5.75 Å². The third-order valence-corrected chi connectivity index (χ3v) is 5.76. The normalized spacial score (nSPS) is 14.9. The maximum absolute atomic E-state index is 13.1. The molecular weight excluding hydrogens is 446 g/mol. The summed E-state index contributed by atoms with van der Waals surface area (Å²) in [5, 5.41) is 17.3. The minimum Gasteiger partial charge on any atom is -0.480 e. The minimum absolute atomic E-state index is 0.102. The van der Waals surface area contributed by atoms with Crippen molar-refractivity contribution in [2.24, 2.45) is 23.3 Å². The lowest BCUT2D eigenvalue weighted by atomic mass is 10.0. The summed E-state index contributed by atoms with van der Waals surface area (Å²) < 4.78 is 0. The van der Waals surface area contributed by atoms with Gasteiger partial charge in [0.15, 0.2) is 0 Å². The molecule has 0 aliphatic carbocycles. The van der Waals surface area contributed by atoms with Crippen molar-refractivity contribution >= 4 is 35.5 Å². The molecule has 0 saturated heterocycles. The van der Waals surface area contributed by atoms with E-state index in [0.29, 0.717) is 38.6 Å². The lowest BCUT2D eigenvalue weighted by Gasteiger charge is -2.26. The molecule has 3 amide bonds. The van der Waals surface area contributed by atoms with Crippen LogP contribution in [-0.4, -0.2) is 71.5 Å². The summed E-state index contributed by atoms with van der Waals surface area (Å²) in [5.74, 6) is -2.15. The largest absolute Gasteiger partial charge is 0.480 e. The quantitative estimate of drug-likeness (QED) is 0.159. The molecule has 0 spiro atoms. The van der Waals surface area contributed by atoms with Crippen LogP contribution in [0.3, 0.4) is 0 Å². The summed E-state index contributed by atoms with van der Waals surface area (Å²) in [6.07, 6.45) is 4.31. The van der Waals surface area contributed by atoms with Crippen LogP contribution >= 0.6 is 11.8 Å². The van der Waals surface area contributed by atoms with Crippen molar-refractivity contribution < 1.29 is 24.3 Å². The predicted molar refractivity (Wildman–Crippen MR) is 132 cm³/mol. The van der Waals surface area contributed by atoms with Crippen LogP contribution in [0.2, 0.25) is 0 Å². The van der Waals surface area contributed by atoms with Crippen molar-refractivity contribution in [2.75, 3.05) is 18.6 Å². The first-order valence-electron chi connectivity index (χ1n) is 11.5. The fourth-order valence-electron chi connectivity index (χ4n) is 3.16. The molecule has 0 saturated carbocycles. The molecule has 0 bridgehead atoms. The molecule has 0 unspecified atom stereocenters. The molecule has 33 heavy (non-hydrogen) atoms. The first-order valence-corrected chi connectivity index (χ1v) is 12.9. The maximum atomic E-state index is 13.1. The number of rotatable bonds is 17. The van der Waals surface area contributed by atoms with Crippen molar-refractivity contribution in [3.8, 4) is 0 Å². The average Bonchev–Trinajstić information content (AvgIpc) is 2.73. The smallest absolute Gasteiger partial charge is 0.326 e. The van der Waals surface area contributed by atoms with E-state index in [4.69, 9.17) is 11.5 Å². The molecule has 0 aromatic rings. The van der Waals surface area contributed by atoms with Crippen LogP contribution in [0.15, 0.2) is 0 Å². The van der Waals surface area contributed by atoms with E-state index in [-0.39, 0.29) is 11.8 Å². The number of aliphatic carboxylic acids is 1. The number of carbonyl (C=O) groups is 4. The van der Waals surface area contributed by atoms with E-state index in [9.17, 15) is 24.3 Å². The average molecular weight is 490 g/mol. The highest BCUT2D eigenvalue weighted by Gasteiger charge is 2.31. The second-order valence-electron chi connectivity index (χ2n) is 8.99. The standard InChI is InChI=1S/C22H43N5O5S/c1-13(2)12-17(26-19(28)15(24)9-11-33-5)21(30)25-16(8-6-7-10-23)20(29)27-18(14(3)4)22(31)32/h13-18H,6-12,23-24H2,1-5H3,(H,25,30)(H,26,28)(H,27,29)(H,31,32)/t15-,16-,17-,18-/m0/s1. The Kier molecular flexibility index (Phi) is 15.8. The second-order valence-corrected chi connectivity index (χ2v) is 9.98. The number of carboxylic acids is 1. The van der Waals surface area contributed by atoms with Gasteiger partial charge in [-0.3, -0.25) is 14.4 Å². The van der Waals surface area contributed by atoms with Gasteiger partial charge in [0.1, 0.15) is 18.1 Å². The van der Waals surface area contributed by atoms with Crippen LogP contribution in [0.25, 0.3) is 0 Å². The molecule has 0 aromatic carbocycles. The van der Waals surface area contributed by atoms with Crippen LogP contribution in [0.5, 0.6) is 0 Å². The summed E-state index contributed by atoms with van der Waals surface area (Å²) in [7, 11) is 0. The SMILES string of the molecule is CSCC[C@H](N)C(=O)N[C@@H](CC(C)C)C(=O)N[C@@H](CCCCN)C(=O)N[C@H](C(=O)O)C(C)C. The molecule has 11 heteroatoms. The van der Waals surface area contributed by atoms with Gasteiger partial charge in [0.2, 0.25) is 17.7 Å². The maximum Gasteiger partial charge on any atom is 0.326 e. The molecule has 0 radical (unpaired) electrons. The highest BCUT2D eigenvalue weighted by Crippen LogP contribution is 2.10. The lowest BCUT2D eigenvalue weighted by Crippen LogP contribution is -2.57. The van der Waals surface area contributed by atoms with E-state index < -0.39 is 47.9 Å². The van der Waals surface area contributed by atoms with Crippen molar-refractivity contribution in [1.82, 2.24) is 16.0 Å². The molecule has 8 N–H and O–H groups in total. The molecule has 0 aromatic heterocycles. The van der Waals surface area contributed by atoms with Crippen LogP contribution in [0.1, 0.15) is 59.8 Å². The number of nitrogens with two attached hydrogens (primary N) is 2. The Morgan fingerprint density at radius 1 is 0.879 bits per heavy atom. The van der Waals surface area contributed by atoms with Gasteiger partial charge < -0.3 is 32.5 Å². The van der Waals surface area contributed by atoms with E-state index in [1.807, 2.05) is 20.1 Å². The van der Waals surface area contributed by atoms with E-state index in [2.05, 4.69) is 16.0 Å².